The highest BCUT2D eigenvalue weighted by molar-refractivity contribution is 5.24. The van der Waals surface area contributed by atoms with Crippen LogP contribution in [0.15, 0.2) is 54.6 Å². The Hall–Kier alpha value is -1.84. The Balaban J connectivity index is 1.74. The molecule has 2 N–H and O–H groups in total. The molecule has 0 heterocycles. The van der Waals surface area contributed by atoms with Crippen molar-refractivity contribution in [3.05, 3.63) is 65.7 Å². The van der Waals surface area contributed by atoms with Gasteiger partial charge in [-0.2, -0.15) is 0 Å². The maximum Gasteiger partial charge on any atom is 0.119 e. The van der Waals surface area contributed by atoms with E-state index in [4.69, 9.17) is 15.2 Å². The summed E-state index contributed by atoms with van der Waals surface area (Å²) in [5, 5.41) is 0. The van der Waals surface area contributed by atoms with E-state index in [1.54, 1.807) is 0 Å². The van der Waals surface area contributed by atoms with E-state index in [1.165, 1.54) is 5.56 Å². The average molecular weight is 285 g/mol. The zero-order valence-electron chi connectivity index (χ0n) is 12.7. The van der Waals surface area contributed by atoms with Crippen LogP contribution in [0.2, 0.25) is 0 Å². The van der Waals surface area contributed by atoms with Crippen LogP contribution in [0.25, 0.3) is 0 Å². The van der Waals surface area contributed by atoms with Crippen molar-refractivity contribution in [1.82, 2.24) is 0 Å². The summed E-state index contributed by atoms with van der Waals surface area (Å²) in [5.41, 5.74) is 8.54. The van der Waals surface area contributed by atoms with Gasteiger partial charge in [-0.15, -0.1) is 0 Å². The van der Waals surface area contributed by atoms with E-state index >= 15 is 0 Å². The summed E-state index contributed by atoms with van der Waals surface area (Å²) >= 11 is 0. The third-order valence-electron chi connectivity index (χ3n) is 3.44. The molecule has 112 valence electrons. The maximum atomic E-state index is 6.22. The van der Waals surface area contributed by atoms with Crippen LogP contribution < -0.4 is 10.5 Å². The van der Waals surface area contributed by atoms with E-state index in [1.807, 2.05) is 37.3 Å². The van der Waals surface area contributed by atoms with Crippen LogP contribution in [0.3, 0.4) is 0 Å². The molecular formula is C18H23NO2. The largest absolute Gasteiger partial charge is 0.491 e. The second-order valence-corrected chi connectivity index (χ2v) is 5.17. The van der Waals surface area contributed by atoms with Gasteiger partial charge < -0.3 is 15.2 Å². The first kappa shape index (κ1) is 15.5. The van der Waals surface area contributed by atoms with Gasteiger partial charge >= 0.3 is 0 Å². The molecule has 21 heavy (non-hydrogen) atoms. The van der Waals surface area contributed by atoms with Crippen molar-refractivity contribution in [3.63, 3.8) is 0 Å². The quantitative estimate of drug-likeness (QED) is 0.792. The first-order valence-electron chi connectivity index (χ1n) is 7.28. The minimum absolute atomic E-state index is 0.0490. The molecule has 0 aliphatic carbocycles. The minimum Gasteiger partial charge on any atom is -0.491 e. The lowest BCUT2D eigenvalue weighted by molar-refractivity contribution is 0.0296. The molecule has 0 aromatic heterocycles. The van der Waals surface area contributed by atoms with E-state index in [-0.39, 0.29) is 12.1 Å². The van der Waals surface area contributed by atoms with Gasteiger partial charge in [0.1, 0.15) is 12.4 Å². The molecule has 0 bridgehead atoms. The highest BCUT2D eigenvalue weighted by atomic mass is 16.5. The third-order valence-corrected chi connectivity index (χ3v) is 3.44. The monoisotopic (exact) mass is 285 g/mol. The second-order valence-electron chi connectivity index (χ2n) is 5.17. The maximum absolute atomic E-state index is 6.22. The van der Waals surface area contributed by atoms with E-state index in [9.17, 15) is 0 Å². The first-order chi connectivity index (χ1) is 10.2. The molecule has 2 rings (SSSR count). The van der Waals surface area contributed by atoms with Crippen LogP contribution in [0.5, 0.6) is 5.75 Å². The predicted molar refractivity (Wildman–Crippen MR) is 85.5 cm³/mol. The number of benzene rings is 2. The number of ether oxygens (including phenoxy) is 2. The van der Waals surface area contributed by atoms with Crippen LogP contribution in [0, 0.1) is 6.92 Å². The van der Waals surface area contributed by atoms with Crippen molar-refractivity contribution >= 4 is 0 Å². The molecule has 0 spiro atoms. The van der Waals surface area contributed by atoms with Gasteiger partial charge in [0.05, 0.1) is 18.8 Å². The number of nitrogens with two attached hydrogens (primary N) is 1. The van der Waals surface area contributed by atoms with Crippen molar-refractivity contribution in [2.45, 2.75) is 26.0 Å². The fourth-order valence-corrected chi connectivity index (χ4v) is 2.07. The van der Waals surface area contributed by atoms with Gasteiger partial charge in [-0.25, -0.2) is 0 Å². The van der Waals surface area contributed by atoms with Crippen LogP contribution >= 0.6 is 0 Å². The van der Waals surface area contributed by atoms with Crippen molar-refractivity contribution < 1.29 is 9.47 Å². The molecule has 0 amide bonds. The van der Waals surface area contributed by atoms with Crippen molar-refractivity contribution in [1.29, 1.82) is 0 Å². The Kier molecular flexibility index (Phi) is 5.78. The molecule has 0 fully saturated rings. The van der Waals surface area contributed by atoms with Crippen LogP contribution in [-0.4, -0.2) is 19.3 Å². The van der Waals surface area contributed by atoms with E-state index in [0.29, 0.717) is 13.2 Å². The number of hydrogen-bond donors (Lipinski definition) is 1. The number of hydrogen-bond acceptors (Lipinski definition) is 3. The Morgan fingerprint density at radius 1 is 0.952 bits per heavy atom. The molecule has 2 unspecified atom stereocenters. The highest BCUT2D eigenvalue weighted by Gasteiger charge is 2.15. The summed E-state index contributed by atoms with van der Waals surface area (Å²) in [6.45, 7) is 5.10. The summed E-state index contributed by atoms with van der Waals surface area (Å²) in [6, 6.07) is 17.9. The minimum atomic E-state index is -0.123. The van der Waals surface area contributed by atoms with Crippen molar-refractivity contribution in [3.8, 4) is 5.75 Å². The summed E-state index contributed by atoms with van der Waals surface area (Å²) in [4.78, 5) is 0. The summed E-state index contributed by atoms with van der Waals surface area (Å²) in [7, 11) is 0. The van der Waals surface area contributed by atoms with Crippen molar-refractivity contribution in [2.75, 3.05) is 13.2 Å². The molecular weight excluding hydrogens is 262 g/mol. The molecule has 3 heteroatoms. The fourth-order valence-electron chi connectivity index (χ4n) is 2.07. The zero-order valence-corrected chi connectivity index (χ0v) is 12.7. The van der Waals surface area contributed by atoms with Crippen LogP contribution in [-0.2, 0) is 4.74 Å². The van der Waals surface area contributed by atoms with Gasteiger partial charge in [-0.1, -0.05) is 48.0 Å². The fraction of sp³-hybridized carbons (Fsp3) is 0.333. The topological polar surface area (TPSA) is 44.5 Å². The number of para-hydroxylation sites is 1. The third kappa shape index (κ3) is 4.88. The lowest BCUT2D eigenvalue weighted by Gasteiger charge is -2.21. The number of rotatable bonds is 7. The highest BCUT2D eigenvalue weighted by Crippen LogP contribution is 2.17. The smallest absolute Gasteiger partial charge is 0.119 e. The summed E-state index contributed by atoms with van der Waals surface area (Å²) in [6.07, 6.45) is -0.0490. The van der Waals surface area contributed by atoms with E-state index < -0.39 is 0 Å². The molecule has 3 nitrogen and oxygen atoms in total. The standard InChI is InChI=1S/C18H23NO2/c1-14-8-10-16(11-9-14)18(19)15(2)20-12-13-21-17-6-4-3-5-7-17/h3-11,15,18H,12-13,19H2,1-2H3. The van der Waals surface area contributed by atoms with Gasteiger partial charge in [-0.05, 0) is 31.5 Å². The van der Waals surface area contributed by atoms with E-state index in [0.717, 1.165) is 11.3 Å². The molecule has 0 aliphatic heterocycles. The number of aryl methyl sites for hydroxylation is 1. The normalized spacial score (nSPS) is 13.7. The lowest BCUT2D eigenvalue weighted by Crippen LogP contribution is -2.27. The van der Waals surface area contributed by atoms with Crippen molar-refractivity contribution in [2.24, 2.45) is 5.73 Å². The van der Waals surface area contributed by atoms with Gasteiger partial charge in [0.25, 0.3) is 0 Å². The molecule has 0 aliphatic rings. The Morgan fingerprint density at radius 3 is 2.29 bits per heavy atom. The molecule has 2 aromatic rings. The summed E-state index contributed by atoms with van der Waals surface area (Å²) < 4.78 is 11.4. The van der Waals surface area contributed by atoms with Gasteiger partial charge in [-0.3, -0.25) is 0 Å². The van der Waals surface area contributed by atoms with Crippen LogP contribution in [0.1, 0.15) is 24.1 Å². The average Bonchev–Trinajstić information content (AvgIpc) is 2.52. The second kappa shape index (κ2) is 7.81. The molecule has 0 saturated heterocycles. The predicted octanol–water partition coefficient (Wildman–Crippen LogP) is 3.48. The van der Waals surface area contributed by atoms with E-state index in [2.05, 4.69) is 31.2 Å². The van der Waals surface area contributed by atoms with Gasteiger partial charge in [0.2, 0.25) is 0 Å². The summed E-state index contributed by atoms with van der Waals surface area (Å²) in [5.74, 6) is 0.858. The molecule has 0 radical (unpaired) electrons. The SMILES string of the molecule is Cc1ccc(C(N)C(C)OCCOc2ccccc2)cc1. The van der Waals surface area contributed by atoms with Gasteiger partial charge in [0, 0.05) is 0 Å². The molecule has 0 saturated carbocycles. The lowest BCUT2D eigenvalue weighted by atomic mass is 10.0. The zero-order chi connectivity index (χ0) is 15.1. The molecule has 2 atom stereocenters. The Morgan fingerprint density at radius 2 is 1.62 bits per heavy atom. The molecule has 2 aromatic carbocycles. The van der Waals surface area contributed by atoms with Crippen LogP contribution in [0.4, 0.5) is 0 Å². The first-order valence-corrected chi connectivity index (χ1v) is 7.28. The van der Waals surface area contributed by atoms with Gasteiger partial charge in [0.15, 0.2) is 0 Å². The Bertz CT molecular complexity index is 525. The Labute approximate surface area is 126 Å².